The van der Waals surface area contributed by atoms with Gasteiger partial charge in [0.1, 0.15) is 11.5 Å². The van der Waals surface area contributed by atoms with Gasteiger partial charge in [-0.3, -0.25) is 0 Å². The Bertz CT molecular complexity index is 1150. The summed E-state index contributed by atoms with van der Waals surface area (Å²) >= 11 is 0. The largest absolute Gasteiger partial charge is 0.513 e. The molecule has 40 heavy (non-hydrogen) atoms. The molecule has 6 heteroatoms. The molecule has 0 saturated heterocycles. The van der Waals surface area contributed by atoms with Crippen LogP contribution in [0, 0.1) is 13.8 Å². The fraction of sp³-hybridized carbons (Fsp3) is 0.529. The van der Waals surface area contributed by atoms with Gasteiger partial charge in [-0.2, -0.15) is 0 Å². The molecule has 0 aliphatic heterocycles. The van der Waals surface area contributed by atoms with Crippen molar-refractivity contribution in [1.29, 1.82) is 0 Å². The quantitative estimate of drug-likeness (QED) is 0.0764. The zero-order valence-electron chi connectivity index (χ0n) is 24.8. The Morgan fingerprint density at radius 1 is 0.550 bits per heavy atom. The lowest BCUT2D eigenvalue weighted by atomic mass is 9.96. The maximum atomic E-state index is 12.7. The molecule has 0 fully saturated rings. The zero-order valence-corrected chi connectivity index (χ0v) is 24.8. The lowest BCUT2D eigenvalue weighted by molar-refractivity contribution is 0.0965. The van der Waals surface area contributed by atoms with E-state index in [2.05, 4.69) is 13.8 Å². The molecule has 0 heterocycles. The first kappa shape index (κ1) is 31.3. The van der Waals surface area contributed by atoms with Crippen LogP contribution in [-0.2, 0) is 9.47 Å². The number of unbranched alkanes of at least 4 members (excludes halogenated alkanes) is 10. The van der Waals surface area contributed by atoms with Gasteiger partial charge in [-0.15, -0.1) is 0 Å². The van der Waals surface area contributed by atoms with Gasteiger partial charge in [0.25, 0.3) is 0 Å². The Morgan fingerprint density at radius 2 is 0.925 bits per heavy atom. The fourth-order valence-electron chi connectivity index (χ4n) is 4.88. The van der Waals surface area contributed by atoms with E-state index in [1.807, 2.05) is 50.2 Å². The summed E-state index contributed by atoms with van der Waals surface area (Å²) in [4.78, 5) is 25.5. The molecule has 0 aromatic heterocycles. The topological polar surface area (TPSA) is 71.1 Å². The van der Waals surface area contributed by atoms with Crippen molar-refractivity contribution in [3.8, 4) is 11.5 Å². The number of ether oxygens (including phenoxy) is 4. The Hall–Kier alpha value is -3.28. The molecule has 0 saturated carbocycles. The Morgan fingerprint density at radius 3 is 1.32 bits per heavy atom. The maximum Gasteiger partial charge on any atom is 0.513 e. The second-order valence-corrected chi connectivity index (χ2v) is 10.6. The van der Waals surface area contributed by atoms with Crippen LogP contribution in [0.2, 0.25) is 0 Å². The second-order valence-electron chi connectivity index (χ2n) is 10.6. The summed E-state index contributed by atoms with van der Waals surface area (Å²) in [6, 6.07) is 11.4. The van der Waals surface area contributed by atoms with E-state index in [4.69, 9.17) is 18.9 Å². The molecule has 0 N–H and O–H groups in total. The molecular formula is C34H46O6. The average molecular weight is 551 g/mol. The van der Waals surface area contributed by atoms with E-state index in [9.17, 15) is 9.59 Å². The Kier molecular flexibility index (Phi) is 13.1. The summed E-state index contributed by atoms with van der Waals surface area (Å²) in [7, 11) is 0. The SMILES string of the molecule is CCCCCCCCOC(=O)Oc1c2ccccc2c(OC(=O)OCCCCCCCC)c2cc(C)c(C)cc12. The minimum Gasteiger partial charge on any atom is -0.434 e. The van der Waals surface area contributed by atoms with Crippen LogP contribution in [-0.4, -0.2) is 25.5 Å². The van der Waals surface area contributed by atoms with Crippen LogP contribution in [0.4, 0.5) is 9.59 Å². The van der Waals surface area contributed by atoms with Crippen LogP contribution in [0.5, 0.6) is 11.5 Å². The summed E-state index contributed by atoms with van der Waals surface area (Å²) in [5, 5.41) is 2.68. The minimum absolute atomic E-state index is 0.324. The van der Waals surface area contributed by atoms with E-state index in [0.29, 0.717) is 46.3 Å². The summed E-state index contributed by atoms with van der Waals surface area (Å²) < 4.78 is 22.5. The smallest absolute Gasteiger partial charge is 0.434 e. The number of carbonyl (C=O) groups is 2. The summed E-state index contributed by atoms with van der Waals surface area (Å²) in [5.41, 5.74) is 2.06. The lowest BCUT2D eigenvalue weighted by Crippen LogP contribution is -2.14. The predicted molar refractivity (Wildman–Crippen MR) is 162 cm³/mol. The molecule has 3 aromatic rings. The Labute approximate surface area is 239 Å². The molecule has 218 valence electrons. The molecule has 0 aliphatic carbocycles. The molecule has 0 unspecified atom stereocenters. The van der Waals surface area contributed by atoms with Crippen molar-refractivity contribution in [3.05, 3.63) is 47.5 Å². The number of hydrogen-bond acceptors (Lipinski definition) is 6. The monoisotopic (exact) mass is 550 g/mol. The van der Waals surface area contributed by atoms with Gasteiger partial charge in [0.15, 0.2) is 0 Å². The number of rotatable bonds is 16. The van der Waals surface area contributed by atoms with Crippen LogP contribution in [0.15, 0.2) is 36.4 Å². The van der Waals surface area contributed by atoms with E-state index in [1.165, 1.54) is 38.5 Å². The molecule has 6 nitrogen and oxygen atoms in total. The van der Waals surface area contributed by atoms with Crippen LogP contribution < -0.4 is 9.47 Å². The Balaban J connectivity index is 1.78. The van der Waals surface area contributed by atoms with E-state index in [1.54, 1.807) is 0 Å². The highest BCUT2D eigenvalue weighted by atomic mass is 16.7. The van der Waals surface area contributed by atoms with Crippen molar-refractivity contribution in [1.82, 2.24) is 0 Å². The normalized spacial score (nSPS) is 11.1. The molecule has 0 radical (unpaired) electrons. The van der Waals surface area contributed by atoms with Crippen LogP contribution >= 0.6 is 0 Å². The van der Waals surface area contributed by atoms with Crippen LogP contribution in [0.1, 0.15) is 102 Å². The molecule has 3 rings (SSSR count). The molecule has 0 atom stereocenters. The number of aryl methyl sites for hydroxylation is 2. The maximum absolute atomic E-state index is 12.7. The highest BCUT2D eigenvalue weighted by Crippen LogP contribution is 2.44. The van der Waals surface area contributed by atoms with Gasteiger partial charge in [-0.05, 0) is 49.9 Å². The van der Waals surface area contributed by atoms with Crippen molar-refractivity contribution in [2.75, 3.05) is 13.2 Å². The van der Waals surface area contributed by atoms with Gasteiger partial charge in [0.05, 0.1) is 13.2 Å². The van der Waals surface area contributed by atoms with Crippen LogP contribution in [0.3, 0.4) is 0 Å². The van der Waals surface area contributed by atoms with E-state index >= 15 is 0 Å². The highest BCUT2D eigenvalue weighted by molar-refractivity contribution is 6.12. The van der Waals surface area contributed by atoms with Gasteiger partial charge in [0.2, 0.25) is 0 Å². The third kappa shape index (κ3) is 9.14. The van der Waals surface area contributed by atoms with Crippen molar-refractivity contribution in [2.24, 2.45) is 0 Å². The van der Waals surface area contributed by atoms with E-state index < -0.39 is 12.3 Å². The fourth-order valence-corrected chi connectivity index (χ4v) is 4.88. The van der Waals surface area contributed by atoms with E-state index in [0.717, 1.165) is 49.7 Å². The third-order valence-corrected chi connectivity index (χ3v) is 7.35. The molecule has 3 aromatic carbocycles. The number of carbonyl (C=O) groups excluding carboxylic acids is 2. The van der Waals surface area contributed by atoms with Gasteiger partial charge in [-0.1, -0.05) is 102 Å². The van der Waals surface area contributed by atoms with Crippen molar-refractivity contribution < 1.29 is 28.5 Å². The van der Waals surface area contributed by atoms with Crippen molar-refractivity contribution in [2.45, 2.75) is 105 Å². The molecule has 0 amide bonds. The second kappa shape index (κ2) is 16.7. The van der Waals surface area contributed by atoms with Gasteiger partial charge in [-0.25, -0.2) is 9.59 Å². The molecule has 0 aliphatic rings. The van der Waals surface area contributed by atoms with Gasteiger partial charge >= 0.3 is 12.3 Å². The summed E-state index contributed by atoms with van der Waals surface area (Å²) in [6.45, 7) is 9.03. The molecule has 0 spiro atoms. The number of benzene rings is 3. The van der Waals surface area contributed by atoms with Crippen molar-refractivity contribution >= 4 is 33.9 Å². The highest BCUT2D eigenvalue weighted by Gasteiger charge is 2.22. The number of fused-ring (bicyclic) bond motifs is 2. The van der Waals surface area contributed by atoms with Gasteiger partial charge in [0, 0.05) is 21.5 Å². The number of hydrogen-bond donors (Lipinski definition) is 0. The lowest BCUT2D eigenvalue weighted by Gasteiger charge is -2.17. The minimum atomic E-state index is -0.731. The summed E-state index contributed by atoms with van der Waals surface area (Å²) in [5.74, 6) is 0.795. The van der Waals surface area contributed by atoms with Gasteiger partial charge < -0.3 is 18.9 Å². The first-order chi connectivity index (χ1) is 19.5. The first-order valence-electron chi connectivity index (χ1n) is 15.1. The van der Waals surface area contributed by atoms with E-state index in [-0.39, 0.29) is 0 Å². The first-order valence-corrected chi connectivity index (χ1v) is 15.1. The molecule has 0 bridgehead atoms. The standard InChI is InChI=1S/C34H46O6/c1-5-7-9-11-13-17-21-37-33(35)39-31-27-19-15-16-20-28(27)32(30-24-26(4)25(3)23-29(30)31)40-34(36)38-22-18-14-12-10-8-6-2/h15-16,19-20,23-24H,5-14,17-18,21-22H2,1-4H3. The zero-order chi connectivity index (χ0) is 28.7. The summed E-state index contributed by atoms with van der Waals surface area (Å²) in [6.07, 6.45) is 11.8. The van der Waals surface area contributed by atoms with Crippen LogP contribution in [0.25, 0.3) is 21.5 Å². The average Bonchev–Trinajstić information content (AvgIpc) is 2.95. The third-order valence-electron chi connectivity index (χ3n) is 7.35. The van der Waals surface area contributed by atoms with Crippen molar-refractivity contribution in [3.63, 3.8) is 0 Å². The predicted octanol–water partition coefficient (Wildman–Crippen LogP) is 10.4. The molecular weight excluding hydrogens is 504 g/mol.